The fraction of sp³-hybridized carbons (Fsp3) is 0.125. The Morgan fingerprint density at radius 1 is 1.29 bits per heavy atom. The van der Waals surface area contributed by atoms with Crippen molar-refractivity contribution in [3.8, 4) is 5.75 Å². The zero-order valence-electron chi connectivity index (χ0n) is 11.5. The van der Waals surface area contributed by atoms with E-state index in [9.17, 15) is 9.90 Å². The molecule has 0 aliphatic carbocycles. The van der Waals surface area contributed by atoms with Gasteiger partial charge >= 0.3 is 0 Å². The lowest BCUT2D eigenvalue weighted by Crippen LogP contribution is -2.22. The standard InChI is InChI=1S/C16H14N2O2S/c1-10-6-7-11(13(19)8-10)16(20)17-9-15-18-12-4-2-3-5-14(12)21-15/h2-8,19H,9H2,1H3,(H,17,20). The van der Waals surface area contributed by atoms with E-state index < -0.39 is 0 Å². The van der Waals surface area contributed by atoms with Crippen LogP contribution < -0.4 is 5.32 Å². The predicted octanol–water partition coefficient (Wildman–Crippen LogP) is 3.24. The van der Waals surface area contributed by atoms with Crippen LogP contribution in [0, 0.1) is 6.92 Å². The molecule has 2 aromatic carbocycles. The number of para-hydroxylation sites is 1. The molecule has 1 aromatic heterocycles. The molecular weight excluding hydrogens is 284 g/mol. The van der Waals surface area contributed by atoms with Crippen LogP contribution >= 0.6 is 11.3 Å². The Morgan fingerprint density at radius 2 is 2.10 bits per heavy atom. The zero-order chi connectivity index (χ0) is 14.8. The minimum absolute atomic E-state index is 0.00296. The van der Waals surface area contributed by atoms with E-state index in [2.05, 4.69) is 10.3 Å². The molecule has 0 radical (unpaired) electrons. The first-order valence-electron chi connectivity index (χ1n) is 6.56. The lowest BCUT2D eigenvalue weighted by molar-refractivity contribution is 0.0948. The maximum absolute atomic E-state index is 12.1. The van der Waals surface area contributed by atoms with E-state index >= 15 is 0 Å². The van der Waals surface area contributed by atoms with Crippen molar-refractivity contribution in [2.45, 2.75) is 13.5 Å². The fourth-order valence-corrected chi connectivity index (χ4v) is 2.99. The van der Waals surface area contributed by atoms with Crippen molar-refractivity contribution in [3.63, 3.8) is 0 Å². The molecule has 3 rings (SSSR count). The first-order valence-corrected chi connectivity index (χ1v) is 7.37. The number of phenolic OH excluding ortho intramolecular Hbond substituents is 1. The van der Waals surface area contributed by atoms with Crippen molar-refractivity contribution in [1.29, 1.82) is 0 Å². The van der Waals surface area contributed by atoms with E-state index in [0.29, 0.717) is 6.54 Å². The Labute approximate surface area is 126 Å². The van der Waals surface area contributed by atoms with Gasteiger partial charge in [0.1, 0.15) is 10.8 Å². The van der Waals surface area contributed by atoms with Gasteiger partial charge in [-0.25, -0.2) is 4.98 Å². The summed E-state index contributed by atoms with van der Waals surface area (Å²) in [6.45, 7) is 2.22. The molecule has 0 bridgehead atoms. The summed E-state index contributed by atoms with van der Waals surface area (Å²) in [6, 6.07) is 12.9. The van der Waals surface area contributed by atoms with Gasteiger partial charge in [0.15, 0.2) is 0 Å². The number of phenols is 1. The maximum atomic E-state index is 12.1. The zero-order valence-corrected chi connectivity index (χ0v) is 12.3. The largest absolute Gasteiger partial charge is 0.507 e. The average Bonchev–Trinajstić information content (AvgIpc) is 2.87. The van der Waals surface area contributed by atoms with Crippen LogP contribution in [0.4, 0.5) is 0 Å². The van der Waals surface area contributed by atoms with Gasteiger partial charge in [-0.05, 0) is 36.8 Å². The van der Waals surface area contributed by atoms with Crippen molar-refractivity contribution >= 4 is 27.5 Å². The number of nitrogens with zero attached hydrogens (tertiary/aromatic N) is 1. The number of carbonyl (C=O) groups is 1. The van der Waals surface area contributed by atoms with Crippen molar-refractivity contribution in [1.82, 2.24) is 10.3 Å². The third-order valence-electron chi connectivity index (χ3n) is 3.14. The van der Waals surface area contributed by atoms with E-state index in [0.717, 1.165) is 20.8 Å². The van der Waals surface area contributed by atoms with Gasteiger partial charge in [0.2, 0.25) is 0 Å². The third kappa shape index (κ3) is 2.87. The predicted molar refractivity (Wildman–Crippen MR) is 83.6 cm³/mol. The number of carbonyl (C=O) groups excluding carboxylic acids is 1. The second-order valence-corrected chi connectivity index (χ2v) is 5.89. The molecule has 0 saturated carbocycles. The SMILES string of the molecule is Cc1ccc(C(=O)NCc2nc3ccccc3s2)c(O)c1. The summed E-state index contributed by atoms with van der Waals surface area (Å²) in [4.78, 5) is 16.5. The second kappa shape index (κ2) is 5.54. The number of aryl methyl sites for hydroxylation is 1. The molecule has 1 amide bonds. The lowest BCUT2D eigenvalue weighted by atomic mass is 10.1. The Bertz CT molecular complexity index is 778. The van der Waals surface area contributed by atoms with E-state index in [1.54, 1.807) is 29.5 Å². The summed E-state index contributed by atoms with van der Waals surface area (Å²) in [7, 11) is 0. The molecule has 0 aliphatic heterocycles. The number of hydrogen-bond donors (Lipinski definition) is 2. The van der Waals surface area contributed by atoms with Crippen LogP contribution in [0.15, 0.2) is 42.5 Å². The van der Waals surface area contributed by atoms with E-state index in [1.807, 2.05) is 31.2 Å². The minimum atomic E-state index is -0.299. The number of thiazole rings is 1. The number of nitrogens with one attached hydrogen (secondary N) is 1. The van der Waals surface area contributed by atoms with Crippen LogP contribution in [0.5, 0.6) is 5.75 Å². The molecule has 3 aromatic rings. The van der Waals surface area contributed by atoms with Crippen LogP contribution in [-0.2, 0) is 6.54 Å². The van der Waals surface area contributed by atoms with Gasteiger partial charge in [-0.15, -0.1) is 11.3 Å². The van der Waals surface area contributed by atoms with Crippen molar-refractivity contribution in [2.24, 2.45) is 0 Å². The van der Waals surface area contributed by atoms with E-state index in [4.69, 9.17) is 0 Å². The van der Waals surface area contributed by atoms with Gasteiger partial charge in [-0.3, -0.25) is 4.79 Å². The Hall–Kier alpha value is -2.40. The van der Waals surface area contributed by atoms with Crippen LogP contribution in [0.3, 0.4) is 0 Å². The number of aromatic nitrogens is 1. The normalized spacial score (nSPS) is 10.7. The Balaban J connectivity index is 1.73. The first-order chi connectivity index (χ1) is 10.1. The summed E-state index contributed by atoms with van der Waals surface area (Å²) >= 11 is 1.55. The number of hydrogen-bond acceptors (Lipinski definition) is 4. The summed E-state index contributed by atoms with van der Waals surface area (Å²) in [6.07, 6.45) is 0. The lowest BCUT2D eigenvalue weighted by Gasteiger charge is -2.06. The highest BCUT2D eigenvalue weighted by Gasteiger charge is 2.11. The number of aromatic hydroxyl groups is 1. The summed E-state index contributed by atoms with van der Waals surface area (Å²) in [5.41, 5.74) is 2.13. The number of amides is 1. The maximum Gasteiger partial charge on any atom is 0.255 e. The Kier molecular flexibility index (Phi) is 3.58. The summed E-state index contributed by atoms with van der Waals surface area (Å²) in [5, 5.41) is 13.4. The van der Waals surface area contributed by atoms with Crippen LogP contribution in [0.25, 0.3) is 10.2 Å². The molecule has 0 fully saturated rings. The van der Waals surface area contributed by atoms with Crippen molar-refractivity contribution in [2.75, 3.05) is 0 Å². The smallest absolute Gasteiger partial charge is 0.255 e. The molecule has 0 aliphatic rings. The number of benzene rings is 2. The first kappa shape index (κ1) is 13.6. The van der Waals surface area contributed by atoms with Crippen molar-refractivity contribution < 1.29 is 9.90 Å². The van der Waals surface area contributed by atoms with Gasteiger partial charge in [0.05, 0.1) is 22.3 Å². The number of fused-ring (bicyclic) bond motifs is 1. The van der Waals surface area contributed by atoms with E-state index in [1.165, 1.54) is 0 Å². The molecule has 0 unspecified atom stereocenters. The summed E-state index contributed by atoms with van der Waals surface area (Å²) < 4.78 is 1.10. The highest BCUT2D eigenvalue weighted by Crippen LogP contribution is 2.22. The molecule has 0 saturated heterocycles. The van der Waals surface area contributed by atoms with Gasteiger partial charge in [-0.2, -0.15) is 0 Å². The van der Waals surface area contributed by atoms with Gasteiger partial charge in [0.25, 0.3) is 5.91 Å². The molecule has 0 atom stereocenters. The minimum Gasteiger partial charge on any atom is -0.507 e. The van der Waals surface area contributed by atoms with Crippen LogP contribution in [-0.4, -0.2) is 16.0 Å². The van der Waals surface area contributed by atoms with Gasteiger partial charge < -0.3 is 10.4 Å². The fourth-order valence-electron chi connectivity index (χ4n) is 2.08. The van der Waals surface area contributed by atoms with Crippen molar-refractivity contribution in [3.05, 3.63) is 58.6 Å². The summed E-state index contributed by atoms with van der Waals surface area (Å²) in [5.74, 6) is -0.302. The molecule has 21 heavy (non-hydrogen) atoms. The molecule has 4 nitrogen and oxygen atoms in total. The molecule has 1 heterocycles. The molecule has 2 N–H and O–H groups in total. The quantitative estimate of drug-likeness (QED) is 0.780. The Morgan fingerprint density at radius 3 is 2.86 bits per heavy atom. The average molecular weight is 298 g/mol. The molecular formula is C16H14N2O2S. The topological polar surface area (TPSA) is 62.2 Å². The monoisotopic (exact) mass is 298 g/mol. The molecule has 5 heteroatoms. The third-order valence-corrected chi connectivity index (χ3v) is 4.17. The van der Waals surface area contributed by atoms with E-state index in [-0.39, 0.29) is 17.2 Å². The van der Waals surface area contributed by atoms with Gasteiger partial charge in [-0.1, -0.05) is 18.2 Å². The molecule has 0 spiro atoms. The van der Waals surface area contributed by atoms with Crippen LogP contribution in [0.1, 0.15) is 20.9 Å². The molecule has 106 valence electrons. The highest BCUT2D eigenvalue weighted by atomic mass is 32.1. The van der Waals surface area contributed by atoms with Gasteiger partial charge in [0, 0.05) is 0 Å². The highest BCUT2D eigenvalue weighted by molar-refractivity contribution is 7.18. The van der Waals surface area contributed by atoms with Crippen LogP contribution in [0.2, 0.25) is 0 Å². The second-order valence-electron chi connectivity index (χ2n) is 4.78. The number of rotatable bonds is 3.